The molecular weight excluding hydrogens is 404 g/mol. The fourth-order valence-electron chi connectivity index (χ4n) is 3.61. The van der Waals surface area contributed by atoms with Crippen molar-refractivity contribution in [2.24, 2.45) is 0 Å². The van der Waals surface area contributed by atoms with Crippen LogP contribution in [0.25, 0.3) is 0 Å². The van der Waals surface area contributed by atoms with E-state index in [-0.39, 0.29) is 24.0 Å². The van der Waals surface area contributed by atoms with E-state index in [4.69, 9.17) is 14.2 Å². The number of carbonyl (C=O) groups excluding carboxylic acids is 1. The third-order valence-corrected chi connectivity index (χ3v) is 5.54. The number of ether oxygens (including phenoxy) is 3. The van der Waals surface area contributed by atoms with Crippen molar-refractivity contribution in [1.82, 2.24) is 10.3 Å². The van der Waals surface area contributed by atoms with Crippen LogP contribution in [0.3, 0.4) is 0 Å². The van der Waals surface area contributed by atoms with Crippen molar-refractivity contribution in [3.05, 3.63) is 83.7 Å². The SMILES string of the molecule is COc1ccc([C@@H](NC(=O)[C@@H]2COc3cc(C(C)(C)C)ccc3O2)c2ccncc2)cc1. The second-order valence-corrected chi connectivity index (χ2v) is 8.82. The van der Waals surface area contributed by atoms with Crippen molar-refractivity contribution in [2.75, 3.05) is 13.7 Å². The number of nitrogens with zero attached hydrogens (tertiary/aromatic N) is 1. The molecule has 1 aliphatic heterocycles. The Morgan fingerprint density at radius 1 is 1.03 bits per heavy atom. The Morgan fingerprint density at radius 3 is 2.38 bits per heavy atom. The van der Waals surface area contributed by atoms with Crippen LogP contribution in [0.1, 0.15) is 43.5 Å². The van der Waals surface area contributed by atoms with E-state index < -0.39 is 6.10 Å². The number of methoxy groups -OCH3 is 1. The summed E-state index contributed by atoms with van der Waals surface area (Å²) in [6.07, 6.45) is 2.67. The molecule has 166 valence electrons. The standard InChI is InChI=1S/C26H28N2O4/c1-26(2,3)19-7-10-21-22(15-19)31-16-23(32-21)25(29)28-24(18-11-13-27-14-12-18)17-5-8-20(30-4)9-6-17/h5-15,23-24H,16H2,1-4H3,(H,28,29)/t23-,24+/m0/s1. The average molecular weight is 433 g/mol. The Morgan fingerprint density at radius 2 is 1.72 bits per heavy atom. The first kappa shape index (κ1) is 21.7. The summed E-state index contributed by atoms with van der Waals surface area (Å²) in [4.78, 5) is 17.2. The van der Waals surface area contributed by atoms with E-state index in [9.17, 15) is 4.79 Å². The summed E-state index contributed by atoms with van der Waals surface area (Å²) in [5.74, 6) is 1.76. The van der Waals surface area contributed by atoms with E-state index in [1.165, 1.54) is 0 Å². The van der Waals surface area contributed by atoms with Crippen LogP contribution in [0.15, 0.2) is 67.0 Å². The first-order valence-corrected chi connectivity index (χ1v) is 10.6. The molecule has 2 aromatic carbocycles. The lowest BCUT2D eigenvalue weighted by Crippen LogP contribution is -2.45. The van der Waals surface area contributed by atoms with Gasteiger partial charge in [0.25, 0.3) is 5.91 Å². The van der Waals surface area contributed by atoms with Gasteiger partial charge in [-0.05, 0) is 58.5 Å². The van der Waals surface area contributed by atoms with Crippen LogP contribution in [0.2, 0.25) is 0 Å². The molecule has 1 aromatic heterocycles. The summed E-state index contributed by atoms with van der Waals surface area (Å²) >= 11 is 0. The molecule has 0 saturated heterocycles. The van der Waals surface area contributed by atoms with Gasteiger partial charge in [0.2, 0.25) is 6.10 Å². The molecule has 32 heavy (non-hydrogen) atoms. The number of hydrogen-bond donors (Lipinski definition) is 1. The van der Waals surface area contributed by atoms with Crippen LogP contribution in [-0.4, -0.2) is 30.7 Å². The van der Waals surface area contributed by atoms with E-state index in [1.807, 2.05) is 54.6 Å². The van der Waals surface area contributed by atoms with Crippen LogP contribution < -0.4 is 19.5 Å². The summed E-state index contributed by atoms with van der Waals surface area (Å²) in [5, 5.41) is 3.11. The van der Waals surface area contributed by atoms with Gasteiger partial charge in [0.15, 0.2) is 11.5 Å². The molecule has 6 nitrogen and oxygen atoms in total. The van der Waals surface area contributed by atoms with Crippen molar-refractivity contribution in [3.8, 4) is 17.2 Å². The van der Waals surface area contributed by atoms with E-state index >= 15 is 0 Å². The van der Waals surface area contributed by atoms with Gasteiger partial charge in [-0.15, -0.1) is 0 Å². The first-order chi connectivity index (χ1) is 15.3. The Hall–Kier alpha value is -3.54. The molecule has 0 spiro atoms. The van der Waals surface area contributed by atoms with Gasteiger partial charge in [0.05, 0.1) is 13.2 Å². The Labute approximate surface area is 188 Å². The quantitative estimate of drug-likeness (QED) is 0.646. The van der Waals surface area contributed by atoms with E-state index in [1.54, 1.807) is 19.5 Å². The number of pyridine rings is 1. The molecule has 3 aromatic rings. The summed E-state index contributed by atoms with van der Waals surface area (Å²) in [5.41, 5.74) is 3.01. The minimum absolute atomic E-state index is 0.00272. The molecule has 6 heteroatoms. The van der Waals surface area contributed by atoms with Gasteiger partial charge >= 0.3 is 0 Å². The fourth-order valence-corrected chi connectivity index (χ4v) is 3.61. The normalized spacial score (nSPS) is 16.2. The number of hydrogen-bond acceptors (Lipinski definition) is 5. The topological polar surface area (TPSA) is 69.7 Å². The van der Waals surface area contributed by atoms with E-state index in [2.05, 4.69) is 31.1 Å². The minimum atomic E-state index is -0.745. The lowest BCUT2D eigenvalue weighted by Gasteiger charge is -2.29. The van der Waals surface area contributed by atoms with Crippen molar-refractivity contribution >= 4 is 5.91 Å². The Bertz CT molecular complexity index is 1080. The number of carbonyl (C=O) groups is 1. The van der Waals surface area contributed by atoms with Crippen LogP contribution in [-0.2, 0) is 10.2 Å². The molecule has 2 heterocycles. The molecule has 1 aliphatic rings. The molecule has 0 unspecified atom stereocenters. The average Bonchev–Trinajstić information content (AvgIpc) is 2.81. The van der Waals surface area contributed by atoms with Gasteiger partial charge in [-0.3, -0.25) is 9.78 Å². The van der Waals surface area contributed by atoms with Gasteiger partial charge in [-0.25, -0.2) is 0 Å². The second kappa shape index (κ2) is 8.91. The molecule has 1 N–H and O–H groups in total. The third-order valence-electron chi connectivity index (χ3n) is 5.54. The van der Waals surface area contributed by atoms with Crippen molar-refractivity contribution in [2.45, 2.75) is 38.3 Å². The Balaban J connectivity index is 1.54. The van der Waals surface area contributed by atoms with Crippen LogP contribution in [0.5, 0.6) is 17.2 Å². The zero-order valence-electron chi connectivity index (χ0n) is 18.8. The first-order valence-electron chi connectivity index (χ1n) is 10.6. The number of benzene rings is 2. The van der Waals surface area contributed by atoms with Crippen LogP contribution >= 0.6 is 0 Å². The summed E-state index contributed by atoms with van der Waals surface area (Å²) in [7, 11) is 1.62. The maximum atomic E-state index is 13.2. The lowest BCUT2D eigenvalue weighted by atomic mass is 9.87. The molecule has 0 fully saturated rings. The highest BCUT2D eigenvalue weighted by Gasteiger charge is 2.30. The number of fused-ring (bicyclic) bond motifs is 1. The zero-order valence-corrected chi connectivity index (χ0v) is 18.8. The smallest absolute Gasteiger partial charge is 0.265 e. The lowest BCUT2D eigenvalue weighted by molar-refractivity contribution is -0.130. The highest BCUT2D eigenvalue weighted by molar-refractivity contribution is 5.82. The fraction of sp³-hybridized carbons (Fsp3) is 0.308. The third kappa shape index (κ3) is 4.69. The molecule has 1 amide bonds. The summed E-state index contributed by atoms with van der Waals surface area (Å²) < 4.78 is 17.2. The predicted molar refractivity (Wildman–Crippen MR) is 122 cm³/mol. The monoisotopic (exact) mass is 432 g/mol. The van der Waals surface area contributed by atoms with Crippen LogP contribution in [0.4, 0.5) is 0 Å². The number of rotatable bonds is 5. The highest BCUT2D eigenvalue weighted by Crippen LogP contribution is 2.36. The van der Waals surface area contributed by atoms with Crippen molar-refractivity contribution < 1.29 is 19.0 Å². The van der Waals surface area contributed by atoms with Gasteiger partial charge in [-0.1, -0.05) is 39.0 Å². The molecule has 0 aliphatic carbocycles. The maximum Gasteiger partial charge on any atom is 0.265 e. The van der Waals surface area contributed by atoms with Gasteiger partial charge in [0.1, 0.15) is 12.4 Å². The summed E-state index contributed by atoms with van der Waals surface area (Å²) in [6, 6.07) is 16.9. The molecular formula is C26H28N2O4. The molecule has 4 rings (SSSR count). The predicted octanol–water partition coefficient (Wildman–Crippen LogP) is 4.43. The highest BCUT2D eigenvalue weighted by atomic mass is 16.6. The van der Waals surface area contributed by atoms with Gasteiger partial charge in [0, 0.05) is 12.4 Å². The number of amides is 1. The van der Waals surface area contributed by atoms with E-state index in [0.717, 1.165) is 22.4 Å². The number of aromatic nitrogens is 1. The van der Waals surface area contributed by atoms with Crippen LogP contribution in [0, 0.1) is 0 Å². The Kier molecular flexibility index (Phi) is 6.04. The number of nitrogens with one attached hydrogen (secondary N) is 1. The maximum absolute atomic E-state index is 13.2. The zero-order chi connectivity index (χ0) is 22.7. The van der Waals surface area contributed by atoms with Gasteiger partial charge in [-0.2, -0.15) is 0 Å². The molecule has 0 radical (unpaired) electrons. The molecule has 0 saturated carbocycles. The summed E-state index contributed by atoms with van der Waals surface area (Å²) in [6.45, 7) is 6.59. The van der Waals surface area contributed by atoms with Gasteiger partial charge < -0.3 is 19.5 Å². The molecule has 2 atom stereocenters. The van der Waals surface area contributed by atoms with Crippen molar-refractivity contribution in [3.63, 3.8) is 0 Å². The molecule has 0 bridgehead atoms. The van der Waals surface area contributed by atoms with E-state index in [0.29, 0.717) is 11.5 Å². The second-order valence-electron chi connectivity index (χ2n) is 8.82. The van der Waals surface area contributed by atoms with Crippen molar-refractivity contribution in [1.29, 1.82) is 0 Å². The minimum Gasteiger partial charge on any atom is -0.497 e. The largest absolute Gasteiger partial charge is 0.497 e.